The van der Waals surface area contributed by atoms with Crippen molar-refractivity contribution in [3.8, 4) is 0 Å². The summed E-state index contributed by atoms with van der Waals surface area (Å²) in [4.78, 5) is 8.06. The third-order valence-electron chi connectivity index (χ3n) is 4.66. The summed E-state index contributed by atoms with van der Waals surface area (Å²) < 4.78 is 0. The molecule has 1 aromatic heterocycles. The Morgan fingerprint density at radius 2 is 2.14 bits per heavy atom. The molecule has 0 amide bonds. The number of piperidine rings is 1. The molecule has 22 heavy (non-hydrogen) atoms. The largest absolute Gasteiger partial charge is 0.302 e. The predicted molar refractivity (Wildman–Crippen MR) is 94.8 cm³/mol. The monoisotopic (exact) mass is 332 g/mol. The molecule has 2 heterocycles. The zero-order chi connectivity index (χ0) is 14.9. The fourth-order valence-corrected chi connectivity index (χ4v) is 4.90. The van der Waals surface area contributed by atoms with Crippen LogP contribution >= 0.6 is 23.4 Å². The molecule has 2 aliphatic rings. The van der Waals surface area contributed by atoms with Crippen LogP contribution in [0.25, 0.3) is 10.8 Å². The van der Waals surface area contributed by atoms with Crippen molar-refractivity contribution in [3.63, 3.8) is 0 Å². The molecule has 4 rings (SSSR count). The molecule has 116 valence electrons. The van der Waals surface area contributed by atoms with E-state index in [1.807, 2.05) is 24.2 Å². The Labute approximate surface area is 141 Å². The summed E-state index contributed by atoms with van der Waals surface area (Å²) >= 11 is 8.45. The van der Waals surface area contributed by atoms with E-state index in [0.717, 1.165) is 16.3 Å². The van der Waals surface area contributed by atoms with Gasteiger partial charge in [-0.15, -0.1) is 11.8 Å². The molecule has 1 aliphatic carbocycles. The van der Waals surface area contributed by atoms with Crippen LogP contribution in [0.1, 0.15) is 25.7 Å². The highest BCUT2D eigenvalue weighted by molar-refractivity contribution is 8.00. The Kier molecular flexibility index (Phi) is 4.29. The van der Waals surface area contributed by atoms with Crippen molar-refractivity contribution in [1.82, 2.24) is 9.88 Å². The molecule has 1 aliphatic heterocycles. The summed E-state index contributed by atoms with van der Waals surface area (Å²) in [7, 11) is 0. The first-order chi connectivity index (χ1) is 10.8. The zero-order valence-electron chi connectivity index (χ0n) is 12.7. The lowest BCUT2D eigenvalue weighted by atomic mass is 10.1. The van der Waals surface area contributed by atoms with Gasteiger partial charge >= 0.3 is 0 Å². The Morgan fingerprint density at radius 3 is 3.00 bits per heavy atom. The van der Waals surface area contributed by atoms with Gasteiger partial charge in [0.25, 0.3) is 0 Å². The van der Waals surface area contributed by atoms with Gasteiger partial charge in [-0.2, -0.15) is 0 Å². The van der Waals surface area contributed by atoms with E-state index in [-0.39, 0.29) is 0 Å². The molecule has 0 N–H and O–H groups in total. The number of aromatic nitrogens is 1. The van der Waals surface area contributed by atoms with Gasteiger partial charge in [-0.1, -0.05) is 11.6 Å². The first-order valence-electron chi connectivity index (χ1n) is 8.20. The topological polar surface area (TPSA) is 16.1 Å². The molecule has 1 saturated heterocycles. The molecule has 0 bridgehead atoms. The molecular weight excluding hydrogens is 312 g/mol. The Bertz CT molecular complexity index is 671. The van der Waals surface area contributed by atoms with Gasteiger partial charge in [0.05, 0.1) is 5.02 Å². The van der Waals surface area contributed by atoms with E-state index in [1.165, 1.54) is 55.6 Å². The first kappa shape index (κ1) is 14.8. The Balaban J connectivity index is 1.48. The number of likely N-dealkylation sites (tertiary alicyclic amines) is 1. The van der Waals surface area contributed by atoms with E-state index in [0.29, 0.717) is 5.25 Å². The molecule has 1 saturated carbocycles. The minimum absolute atomic E-state index is 0.671. The Hall–Kier alpha value is -0.770. The van der Waals surface area contributed by atoms with Crippen LogP contribution in [-0.2, 0) is 0 Å². The van der Waals surface area contributed by atoms with E-state index in [9.17, 15) is 0 Å². The molecule has 1 aromatic carbocycles. The molecule has 2 aromatic rings. The van der Waals surface area contributed by atoms with Crippen LogP contribution in [0.15, 0.2) is 35.5 Å². The highest BCUT2D eigenvalue weighted by Gasteiger charge is 2.28. The van der Waals surface area contributed by atoms with Crippen molar-refractivity contribution >= 4 is 34.1 Å². The molecule has 1 atom stereocenters. The summed E-state index contributed by atoms with van der Waals surface area (Å²) in [6, 6.07) is 6.34. The van der Waals surface area contributed by atoms with Gasteiger partial charge in [-0.25, -0.2) is 0 Å². The van der Waals surface area contributed by atoms with Crippen LogP contribution in [0.3, 0.4) is 0 Å². The summed E-state index contributed by atoms with van der Waals surface area (Å²) in [6.45, 7) is 3.81. The fourth-order valence-electron chi connectivity index (χ4n) is 3.30. The zero-order valence-corrected chi connectivity index (χ0v) is 14.2. The van der Waals surface area contributed by atoms with Crippen LogP contribution in [0, 0.1) is 5.92 Å². The quantitative estimate of drug-likeness (QED) is 0.795. The number of pyridine rings is 1. The third kappa shape index (κ3) is 3.42. The molecular formula is C18H21ClN2S. The number of nitrogens with zero attached hydrogens (tertiary/aromatic N) is 2. The highest BCUT2D eigenvalue weighted by atomic mass is 35.5. The van der Waals surface area contributed by atoms with E-state index >= 15 is 0 Å². The third-order valence-corrected chi connectivity index (χ3v) is 6.40. The van der Waals surface area contributed by atoms with Gasteiger partial charge in [-0.05, 0) is 61.7 Å². The van der Waals surface area contributed by atoms with Crippen molar-refractivity contribution < 1.29 is 0 Å². The molecule has 4 heteroatoms. The lowest BCUT2D eigenvalue weighted by Gasteiger charge is -2.32. The van der Waals surface area contributed by atoms with E-state index in [4.69, 9.17) is 11.6 Å². The number of benzene rings is 1. The smallest absolute Gasteiger partial charge is 0.0548 e. The van der Waals surface area contributed by atoms with Gasteiger partial charge in [0.15, 0.2) is 0 Å². The standard InChI is InChI=1S/C18H21ClN2S/c19-17-8-15-10-20-6-5-14(15)9-18(17)22-16-2-1-7-21(12-16)11-13-3-4-13/h5-6,8-10,13,16H,1-4,7,11-12H2. The normalized spacial score (nSPS) is 23.0. The van der Waals surface area contributed by atoms with Gasteiger partial charge in [-0.3, -0.25) is 4.98 Å². The second-order valence-corrected chi connectivity index (χ2v) is 8.34. The summed E-state index contributed by atoms with van der Waals surface area (Å²) in [5, 5.41) is 3.89. The van der Waals surface area contributed by atoms with E-state index in [2.05, 4.69) is 28.1 Å². The predicted octanol–water partition coefficient (Wildman–Crippen LogP) is 4.85. The number of halogens is 1. The number of hydrogen-bond acceptors (Lipinski definition) is 3. The number of fused-ring (bicyclic) bond motifs is 1. The maximum atomic E-state index is 6.49. The maximum Gasteiger partial charge on any atom is 0.0548 e. The van der Waals surface area contributed by atoms with Crippen molar-refractivity contribution in [1.29, 1.82) is 0 Å². The lowest BCUT2D eigenvalue weighted by Crippen LogP contribution is -2.38. The number of rotatable bonds is 4. The van der Waals surface area contributed by atoms with Crippen LogP contribution in [0.2, 0.25) is 5.02 Å². The lowest BCUT2D eigenvalue weighted by molar-refractivity contribution is 0.225. The summed E-state index contributed by atoms with van der Waals surface area (Å²) in [5.74, 6) is 0.987. The summed E-state index contributed by atoms with van der Waals surface area (Å²) in [6.07, 6.45) is 9.24. The van der Waals surface area contributed by atoms with Gasteiger partial charge in [0.2, 0.25) is 0 Å². The number of thioether (sulfide) groups is 1. The minimum atomic E-state index is 0.671. The van der Waals surface area contributed by atoms with E-state index in [1.54, 1.807) is 0 Å². The molecule has 2 nitrogen and oxygen atoms in total. The Morgan fingerprint density at radius 1 is 1.23 bits per heavy atom. The minimum Gasteiger partial charge on any atom is -0.302 e. The SMILES string of the molecule is Clc1cc2cnccc2cc1SC1CCCN(CC2CC2)C1. The van der Waals surface area contributed by atoms with Crippen molar-refractivity contribution in [2.75, 3.05) is 19.6 Å². The van der Waals surface area contributed by atoms with Crippen LogP contribution in [-0.4, -0.2) is 34.8 Å². The second-order valence-electron chi connectivity index (χ2n) is 6.59. The second kappa shape index (κ2) is 6.38. The van der Waals surface area contributed by atoms with Gasteiger partial charge in [0, 0.05) is 41.0 Å². The first-order valence-corrected chi connectivity index (χ1v) is 9.46. The average molecular weight is 333 g/mol. The molecule has 1 unspecified atom stereocenters. The van der Waals surface area contributed by atoms with Gasteiger partial charge < -0.3 is 4.90 Å². The van der Waals surface area contributed by atoms with Gasteiger partial charge in [0.1, 0.15) is 0 Å². The highest BCUT2D eigenvalue weighted by Crippen LogP contribution is 2.37. The van der Waals surface area contributed by atoms with E-state index < -0.39 is 0 Å². The van der Waals surface area contributed by atoms with Crippen molar-refractivity contribution in [2.24, 2.45) is 5.92 Å². The molecule has 0 radical (unpaired) electrons. The van der Waals surface area contributed by atoms with Crippen molar-refractivity contribution in [3.05, 3.63) is 35.6 Å². The van der Waals surface area contributed by atoms with Crippen molar-refractivity contribution in [2.45, 2.75) is 35.8 Å². The molecule has 0 spiro atoms. The van der Waals surface area contributed by atoms with Crippen LogP contribution in [0.4, 0.5) is 0 Å². The van der Waals surface area contributed by atoms with Crippen LogP contribution < -0.4 is 0 Å². The van der Waals surface area contributed by atoms with Crippen LogP contribution in [0.5, 0.6) is 0 Å². The average Bonchev–Trinajstić information content (AvgIpc) is 3.32. The summed E-state index contributed by atoms with van der Waals surface area (Å²) in [5.41, 5.74) is 0. The molecule has 2 fully saturated rings. The fraction of sp³-hybridized carbons (Fsp3) is 0.500. The maximum absolute atomic E-state index is 6.49. The number of hydrogen-bond donors (Lipinski definition) is 0.